The number of rotatable bonds is 11. The van der Waals surface area contributed by atoms with Gasteiger partial charge in [-0.1, -0.05) is 62.4 Å². The number of nitrogens with zero attached hydrogens (tertiary/aromatic N) is 2. The Labute approximate surface area is 206 Å². The van der Waals surface area contributed by atoms with Crippen LogP contribution in [0.3, 0.4) is 0 Å². The standard InChI is InChI=1S/C30H43N2O2/c1-5-17-31(18-6-2)30(34)27-16-11-19-32(22-27,21-26-14-8-7-9-15-26)23-28(33)20-29-24(3)12-10-13-25(29)4/h7-10,12-15,27H,5-6,11,16-23H2,1-4H3/q+1. The average Bonchev–Trinajstić information content (AvgIpc) is 2.81. The smallest absolute Gasteiger partial charge is 0.231 e. The number of carbonyl (C=O) groups excluding carboxylic acids is 2. The minimum Gasteiger partial charge on any atom is -0.342 e. The predicted octanol–water partition coefficient (Wildman–Crippen LogP) is 5.49. The van der Waals surface area contributed by atoms with Crippen molar-refractivity contribution < 1.29 is 14.1 Å². The van der Waals surface area contributed by atoms with Crippen molar-refractivity contribution in [2.24, 2.45) is 5.92 Å². The van der Waals surface area contributed by atoms with Crippen LogP contribution in [0.5, 0.6) is 0 Å². The fourth-order valence-electron chi connectivity index (χ4n) is 5.72. The molecule has 0 bridgehead atoms. The molecule has 0 saturated carbocycles. The van der Waals surface area contributed by atoms with E-state index in [4.69, 9.17) is 0 Å². The van der Waals surface area contributed by atoms with Crippen molar-refractivity contribution in [2.45, 2.75) is 66.3 Å². The van der Waals surface area contributed by atoms with E-state index < -0.39 is 0 Å². The summed E-state index contributed by atoms with van der Waals surface area (Å²) in [5, 5.41) is 0. The van der Waals surface area contributed by atoms with E-state index in [0.717, 1.165) is 64.0 Å². The maximum atomic E-state index is 13.5. The fourth-order valence-corrected chi connectivity index (χ4v) is 5.72. The van der Waals surface area contributed by atoms with Gasteiger partial charge in [0.05, 0.1) is 19.0 Å². The molecule has 4 nitrogen and oxygen atoms in total. The lowest BCUT2D eigenvalue weighted by Gasteiger charge is -2.44. The summed E-state index contributed by atoms with van der Waals surface area (Å²) in [5.41, 5.74) is 4.77. The molecule has 1 aliphatic heterocycles. The van der Waals surface area contributed by atoms with Gasteiger partial charge in [-0.05, 0) is 56.2 Å². The van der Waals surface area contributed by atoms with E-state index in [1.54, 1.807) is 0 Å². The molecule has 4 heteroatoms. The van der Waals surface area contributed by atoms with E-state index in [1.165, 1.54) is 16.7 Å². The lowest BCUT2D eigenvalue weighted by atomic mass is 9.91. The van der Waals surface area contributed by atoms with E-state index in [2.05, 4.69) is 75.1 Å². The second-order valence-corrected chi connectivity index (χ2v) is 10.3. The third-order valence-corrected chi connectivity index (χ3v) is 7.33. The molecule has 0 spiro atoms. The molecule has 2 aromatic carbocycles. The van der Waals surface area contributed by atoms with Crippen LogP contribution in [-0.2, 0) is 22.6 Å². The van der Waals surface area contributed by atoms with Gasteiger partial charge in [-0.2, -0.15) is 0 Å². The van der Waals surface area contributed by atoms with Gasteiger partial charge in [0.2, 0.25) is 5.91 Å². The average molecular weight is 464 g/mol. The third kappa shape index (κ3) is 6.79. The van der Waals surface area contributed by atoms with Gasteiger partial charge in [0.1, 0.15) is 13.1 Å². The van der Waals surface area contributed by atoms with Crippen molar-refractivity contribution in [1.29, 1.82) is 0 Å². The van der Waals surface area contributed by atoms with Gasteiger partial charge in [0, 0.05) is 25.1 Å². The Balaban J connectivity index is 1.83. The highest BCUT2D eigenvalue weighted by Crippen LogP contribution is 2.29. The van der Waals surface area contributed by atoms with Gasteiger partial charge < -0.3 is 9.38 Å². The third-order valence-electron chi connectivity index (χ3n) is 7.33. The van der Waals surface area contributed by atoms with E-state index in [-0.39, 0.29) is 11.7 Å². The molecule has 0 aromatic heterocycles. The van der Waals surface area contributed by atoms with Crippen LogP contribution in [0.1, 0.15) is 61.8 Å². The van der Waals surface area contributed by atoms with Crippen LogP contribution in [0.2, 0.25) is 0 Å². The van der Waals surface area contributed by atoms with Gasteiger partial charge in [-0.25, -0.2) is 0 Å². The Morgan fingerprint density at radius 1 is 0.941 bits per heavy atom. The van der Waals surface area contributed by atoms with Gasteiger partial charge in [0.25, 0.3) is 0 Å². The van der Waals surface area contributed by atoms with Crippen LogP contribution in [0.15, 0.2) is 48.5 Å². The zero-order chi connectivity index (χ0) is 24.6. The highest BCUT2D eigenvalue weighted by atomic mass is 16.2. The Kier molecular flexibility index (Phi) is 9.46. The Bertz CT molecular complexity index is 929. The van der Waals surface area contributed by atoms with Gasteiger partial charge >= 0.3 is 0 Å². The summed E-state index contributed by atoms with van der Waals surface area (Å²) in [6.45, 7) is 13.1. The molecule has 2 atom stereocenters. The van der Waals surface area contributed by atoms with Crippen molar-refractivity contribution in [3.8, 4) is 0 Å². The molecule has 3 rings (SSSR count). The van der Waals surface area contributed by atoms with Crippen LogP contribution < -0.4 is 0 Å². The van der Waals surface area contributed by atoms with Crippen molar-refractivity contribution in [2.75, 3.05) is 32.7 Å². The first-order valence-electron chi connectivity index (χ1n) is 13.1. The van der Waals surface area contributed by atoms with Crippen molar-refractivity contribution in [3.63, 3.8) is 0 Å². The summed E-state index contributed by atoms with van der Waals surface area (Å²) >= 11 is 0. The Morgan fingerprint density at radius 3 is 2.21 bits per heavy atom. The number of quaternary nitrogens is 1. The minimum absolute atomic E-state index is 0.00330. The molecule has 2 unspecified atom stereocenters. The molecule has 34 heavy (non-hydrogen) atoms. The maximum Gasteiger partial charge on any atom is 0.231 e. The molecule has 1 saturated heterocycles. The summed E-state index contributed by atoms with van der Waals surface area (Å²) in [6.07, 6.45) is 4.37. The zero-order valence-corrected chi connectivity index (χ0v) is 21.7. The number of amides is 1. The predicted molar refractivity (Wildman–Crippen MR) is 140 cm³/mol. The Hall–Kier alpha value is -2.46. The number of hydrogen-bond donors (Lipinski definition) is 0. The number of benzene rings is 2. The summed E-state index contributed by atoms with van der Waals surface area (Å²) in [4.78, 5) is 29.1. The number of hydrogen-bond acceptors (Lipinski definition) is 2. The molecule has 184 valence electrons. The normalized spacial score (nSPS) is 20.2. The molecule has 1 amide bonds. The van der Waals surface area contributed by atoms with Crippen LogP contribution in [0.4, 0.5) is 0 Å². The zero-order valence-electron chi connectivity index (χ0n) is 21.7. The Morgan fingerprint density at radius 2 is 1.59 bits per heavy atom. The van der Waals surface area contributed by atoms with Crippen LogP contribution in [0.25, 0.3) is 0 Å². The first-order chi connectivity index (χ1) is 16.4. The number of ketones is 1. The van der Waals surface area contributed by atoms with E-state index in [1.807, 2.05) is 6.07 Å². The van der Waals surface area contributed by atoms with E-state index in [9.17, 15) is 9.59 Å². The SMILES string of the molecule is CCCN(CCC)C(=O)C1CCC[N+](CC(=O)Cc2c(C)cccc2C)(Cc2ccccc2)C1. The molecule has 0 radical (unpaired) electrons. The summed E-state index contributed by atoms with van der Waals surface area (Å²) in [7, 11) is 0. The fraction of sp³-hybridized carbons (Fsp3) is 0.533. The summed E-state index contributed by atoms with van der Waals surface area (Å²) < 4.78 is 0.691. The molecular formula is C30H43N2O2+. The number of aryl methyl sites for hydroxylation is 2. The van der Waals surface area contributed by atoms with Crippen LogP contribution in [-0.4, -0.2) is 53.8 Å². The molecule has 0 N–H and O–H groups in total. The topological polar surface area (TPSA) is 37.4 Å². The number of piperidine rings is 1. The van der Waals surface area contributed by atoms with Gasteiger partial charge in [-0.15, -0.1) is 0 Å². The summed E-state index contributed by atoms with van der Waals surface area (Å²) in [6, 6.07) is 16.7. The number of Topliss-reactive ketones (excluding diaryl/α,β-unsaturated/α-hetero) is 1. The highest BCUT2D eigenvalue weighted by molar-refractivity contribution is 5.83. The van der Waals surface area contributed by atoms with Gasteiger partial charge in [0.15, 0.2) is 5.78 Å². The number of likely N-dealkylation sites (tertiary alicyclic amines) is 1. The molecule has 0 aliphatic carbocycles. The summed E-state index contributed by atoms with van der Waals surface area (Å²) in [5.74, 6) is 0.574. The van der Waals surface area contributed by atoms with E-state index >= 15 is 0 Å². The highest BCUT2D eigenvalue weighted by Gasteiger charge is 2.41. The van der Waals surface area contributed by atoms with Crippen molar-refractivity contribution in [1.82, 2.24) is 4.90 Å². The minimum atomic E-state index is 0.00330. The van der Waals surface area contributed by atoms with Crippen molar-refractivity contribution >= 4 is 11.7 Å². The molecule has 1 fully saturated rings. The van der Waals surface area contributed by atoms with Crippen LogP contribution >= 0.6 is 0 Å². The van der Waals surface area contributed by atoms with Gasteiger partial charge in [-0.3, -0.25) is 9.59 Å². The second-order valence-electron chi connectivity index (χ2n) is 10.3. The second kappa shape index (κ2) is 12.3. The first-order valence-corrected chi connectivity index (χ1v) is 13.1. The molecular weight excluding hydrogens is 420 g/mol. The first kappa shape index (κ1) is 26.2. The lowest BCUT2D eigenvalue weighted by molar-refractivity contribution is -0.940. The quantitative estimate of drug-likeness (QED) is 0.413. The lowest BCUT2D eigenvalue weighted by Crippen LogP contribution is -2.58. The van der Waals surface area contributed by atoms with Crippen molar-refractivity contribution in [3.05, 3.63) is 70.8 Å². The maximum absolute atomic E-state index is 13.5. The molecule has 1 aliphatic rings. The molecule has 1 heterocycles. The van der Waals surface area contributed by atoms with E-state index in [0.29, 0.717) is 23.4 Å². The largest absolute Gasteiger partial charge is 0.342 e. The monoisotopic (exact) mass is 463 g/mol. The number of carbonyl (C=O) groups is 2. The molecule has 2 aromatic rings. The van der Waals surface area contributed by atoms with Crippen LogP contribution in [0, 0.1) is 19.8 Å².